The van der Waals surface area contributed by atoms with Crippen molar-refractivity contribution >= 4 is 29.3 Å². The molecule has 1 fully saturated rings. The average Bonchev–Trinajstić information content (AvgIpc) is 3.49. The molecule has 1 aromatic heterocycles. The van der Waals surface area contributed by atoms with Gasteiger partial charge in [0.15, 0.2) is 0 Å². The Kier molecular flexibility index (Phi) is 7.27. The van der Waals surface area contributed by atoms with Crippen molar-refractivity contribution < 1.29 is 28.2 Å². The van der Waals surface area contributed by atoms with E-state index < -0.39 is 17.9 Å². The van der Waals surface area contributed by atoms with E-state index >= 15 is 0 Å². The molecule has 0 spiro atoms. The summed E-state index contributed by atoms with van der Waals surface area (Å²) in [7, 11) is 0. The highest BCUT2D eigenvalue weighted by Crippen LogP contribution is 2.41. The highest BCUT2D eigenvalue weighted by atomic mass is 32.2. The Hall–Kier alpha value is -2.52. The topological polar surface area (TPSA) is 70.4 Å². The van der Waals surface area contributed by atoms with E-state index in [9.17, 15) is 13.2 Å². The van der Waals surface area contributed by atoms with Crippen LogP contribution in [-0.4, -0.2) is 21.4 Å². The molecule has 2 N–H and O–H groups in total. The molecule has 31 heavy (non-hydrogen) atoms. The fourth-order valence-corrected chi connectivity index (χ4v) is 5.00. The Morgan fingerprint density at radius 1 is 1.10 bits per heavy atom. The third kappa shape index (κ3) is 6.73. The maximum Gasteiger partial charge on any atom is 0.503 e. The van der Waals surface area contributed by atoms with Crippen LogP contribution in [0.3, 0.4) is 0 Å². The summed E-state index contributed by atoms with van der Waals surface area (Å²) in [5.74, 6) is 1.58. The van der Waals surface area contributed by atoms with Gasteiger partial charge in [0.05, 0.1) is 11.3 Å². The first-order chi connectivity index (χ1) is 14.6. The van der Waals surface area contributed by atoms with Crippen molar-refractivity contribution in [3.63, 3.8) is 0 Å². The lowest BCUT2D eigenvalue weighted by atomic mass is 10.1. The Balaban J connectivity index is 0.000000628. The average molecular weight is 468 g/mol. The molecule has 2 aromatic carbocycles. The predicted molar refractivity (Wildman–Crippen MR) is 116 cm³/mol. The Labute approximate surface area is 185 Å². The van der Waals surface area contributed by atoms with Crippen molar-refractivity contribution in [2.24, 2.45) is 0 Å². The van der Waals surface area contributed by atoms with Crippen molar-refractivity contribution in [3.8, 4) is 10.6 Å². The van der Waals surface area contributed by atoms with E-state index in [0.29, 0.717) is 0 Å². The summed E-state index contributed by atoms with van der Waals surface area (Å²) >= 11 is 3.31. The minimum Gasteiger partial charge on any atom is -0.450 e. The monoisotopic (exact) mass is 467 g/mol. The first-order valence-electron chi connectivity index (χ1n) is 9.42. The molecule has 0 saturated heterocycles. The number of alkyl halides is 3. The van der Waals surface area contributed by atoms with E-state index in [1.165, 1.54) is 35.4 Å². The molecular weight excluding hydrogens is 447 g/mol. The molecular formula is C22H20F3NO3S2. The summed E-state index contributed by atoms with van der Waals surface area (Å²) in [4.78, 5) is 15.5. The fraction of sp³-hybridized carbons (Fsp3) is 0.273. The molecule has 164 valence electrons. The van der Waals surface area contributed by atoms with Gasteiger partial charge in [-0.2, -0.15) is 13.2 Å². The van der Waals surface area contributed by atoms with E-state index in [2.05, 4.69) is 29.2 Å². The zero-order valence-electron chi connectivity index (χ0n) is 16.5. The molecule has 0 aliphatic heterocycles. The lowest BCUT2D eigenvalue weighted by Crippen LogP contribution is -2.03. The van der Waals surface area contributed by atoms with Gasteiger partial charge in [-0.15, -0.1) is 23.1 Å². The van der Waals surface area contributed by atoms with E-state index in [1.54, 1.807) is 23.1 Å². The molecule has 0 atom stereocenters. The summed E-state index contributed by atoms with van der Waals surface area (Å²) < 4.78 is 38.1. The molecule has 0 amide bonds. The molecule has 0 bridgehead atoms. The fourth-order valence-electron chi connectivity index (χ4n) is 2.89. The number of benzene rings is 2. The summed E-state index contributed by atoms with van der Waals surface area (Å²) in [6.07, 6.45) is -3.53. The lowest BCUT2D eigenvalue weighted by Gasteiger charge is -2.06. The third-order valence-corrected chi connectivity index (χ3v) is 7.08. The van der Waals surface area contributed by atoms with E-state index in [-0.39, 0.29) is 0 Å². The number of carbonyl (C=O) groups is 1. The number of aromatic nitrogens is 1. The van der Waals surface area contributed by atoms with Crippen molar-refractivity contribution in [2.45, 2.75) is 42.5 Å². The molecule has 3 aromatic rings. The van der Waals surface area contributed by atoms with Crippen LogP contribution in [-0.2, 0) is 11.9 Å². The number of nitrogens with zero attached hydrogens (tertiary/aromatic N) is 1. The first-order valence-corrected chi connectivity index (χ1v) is 11.2. The van der Waals surface area contributed by atoms with E-state index in [4.69, 9.17) is 15.0 Å². The van der Waals surface area contributed by atoms with Crippen LogP contribution in [0.2, 0.25) is 0 Å². The van der Waals surface area contributed by atoms with Crippen molar-refractivity contribution in [1.29, 1.82) is 0 Å². The summed E-state index contributed by atoms with van der Waals surface area (Å²) in [5.41, 5.74) is 2.46. The van der Waals surface area contributed by atoms with Crippen LogP contribution in [0.25, 0.3) is 10.6 Å². The summed E-state index contributed by atoms with van der Waals surface area (Å²) in [6.45, 7) is 1.95. The highest BCUT2D eigenvalue weighted by Gasteiger charge is 2.30. The second-order valence-electron chi connectivity index (χ2n) is 7.02. The van der Waals surface area contributed by atoms with Crippen LogP contribution in [0.5, 0.6) is 0 Å². The lowest BCUT2D eigenvalue weighted by molar-refractivity contribution is -0.137. The molecule has 1 heterocycles. The quantitative estimate of drug-likeness (QED) is 0.380. The van der Waals surface area contributed by atoms with Crippen LogP contribution in [0, 0.1) is 6.92 Å². The minimum absolute atomic E-state index is 0.634. The van der Waals surface area contributed by atoms with Gasteiger partial charge in [-0.3, -0.25) is 0 Å². The molecule has 9 heteroatoms. The second-order valence-corrected chi connectivity index (χ2v) is 9.15. The van der Waals surface area contributed by atoms with Crippen LogP contribution in [0.15, 0.2) is 53.4 Å². The van der Waals surface area contributed by atoms with E-state index in [0.717, 1.165) is 44.9 Å². The number of halogens is 3. The largest absolute Gasteiger partial charge is 0.503 e. The predicted octanol–water partition coefficient (Wildman–Crippen LogP) is 7.53. The number of carboxylic acid groups (broad SMARTS) is 2. The van der Waals surface area contributed by atoms with Gasteiger partial charge < -0.3 is 10.2 Å². The van der Waals surface area contributed by atoms with Gasteiger partial charge in [-0.1, -0.05) is 24.3 Å². The number of thioether (sulfide) groups is 1. The van der Waals surface area contributed by atoms with Crippen molar-refractivity contribution in [3.05, 3.63) is 70.2 Å². The molecule has 4 rings (SSSR count). The van der Waals surface area contributed by atoms with Gasteiger partial charge >= 0.3 is 12.3 Å². The zero-order chi connectivity index (χ0) is 22.6. The third-order valence-electron chi connectivity index (χ3n) is 4.65. The Morgan fingerprint density at radius 3 is 2.19 bits per heavy atom. The Bertz CT molecular complexity index is 1020. The van der Waals surface area contributed by atoms with Crippen LogP contribution >= 0.6 is 23.1 Å². The van der Waals surface area contributed by atoms with Gasteiger partial charge in [0.25, 0.3) is 0 Å². The second kappa shape index (κ2) is 9.74. The minimum atomic E-state index is -4.31. The first kappa shape index (κ1) is 23.1. The molecule has 0 unspecified atom stereocenters. The highest BCUT2D eigenvalue weighted by molar-refractivity contribution is 7.98. The van der Waals surface area contributed by atoms with Gasteiger partial charge in [0.2, 0.25) is 0 Å². The number of aryl methyl sites for hydroxylation is 1. The smallest absolute Gasteiger partial charge is 0.450 e. The number of hydrogen-bond acceptors (Lipinski definition) is 4. The van der Waals surface area contributed by atoms with Gasteiger partial charge in [-0.25, -0.2) is 9.78 Å². The van der Waals surface area contributed by atoms with E-state index in [1.807, 2.05) is 6.92 Å². The number of thiazole rings is 1. The molecule has 1 aliphatic rings. The van der Waals surface area contributed by atoms with Crippen molar-refractivity contribution in [2.75, 3.05) is 0 Å². The zero-order valence-corrected chi connectivity index (χ0v) is 18.2. The Morgan fingerprint density at radius 2 is 1.68 bits per heavy atom. The summed E-state index contributed by atoms with van der Waals surface area (Å²) in [6, 6.07) is 14.0. The number of hydrogen-bond donors (Lipinski definition) is 2. The molecule has 0 radical (unpaired) electrons. The molecule has 4 nitrogen and oxygen atoms in total. The SMILES string of the molecule is Cc1nc(-c2ccc(C(F)(F)F)cc2)sc1CSc1ccc(C2CC2)cc1.O=C(O)O. The molecule has 1 aliphatic carbocycles. The number of rotatable bonds is 5. The molecule has 1 saturated carbocycles. The van der Waals surface area contributed by atoms with Gasteiger partial charge in [-0.05, 0) is 55.5 Å². The van der Waals surface area contributed by atoms with Gasteiger partial charge in [0, 0.05) is 21.1 Å². The maximum absolute atomic E-state index is 12.7. The van der Waals surface area contributed by atoms with Crippen LogP contribution in [0.1, 0.15) is 40.5 Å². The van der Waals surface area contributed by atoms with Crippen molar-refractivity contribution in [1.82, 2.24) is 4.98 Å². The maximum atomic E-state index is 12.7. The standard InChI is InChI=1S/C21H18F3NS2.CH2O3/c1-13-19(12-26-18-10-6-15(7-11-18)14-2-3-14)27-20(25-13)16-4-8-17(9-5-16)21(22,23)24;2-1(3)4/h4-11,14H,2-3,12H2,1H3;(H2,2,3,4). The summed E-state index contributed by atoms with van der Waals surface area (Å²) in [5, 5.41) is 14.7. The van der Waals surface area contributed by atoms with Crippen LogP contribution < -0.4 is 0 Å². The van der Waals surface area contributed by atoms with Gasteiger partial charge in [0.1, 0.15) is 5.01 Å². The van der Waals surface area contributed by atoms with Crippen LogP contribution in [0.4, 0.5) is 18.0 Å². The normalized spacial score (nSPS) is 13.4.